The molecule has 1 fully saturated rings. The number of carboxylic acid groups (broad SMARTS) is 1. The predicted octanol–water partition coefficient (Wildman–Crippen LogP) is 0.493. The van der Waals surface area contributed by atoms with Gasteiger partial charge in [-0.3, -0.25) is 19.8 Å². The number of nitrogens with zero attached hydrogens (tertiary/aromatic N) is 2. The van der Waals surface area contributed by atoms with Gasteiger partial charge in [-0.15, -0.1) is 0 Å². The molecule has 2 amide bonds. The fourth-order valence-corrected chi connectivity index (χ4v) is 3.65. The quantitative estimate of drug-likeness (QED) is 0.407. The normalized spacial score (nSPS) is 20.5. The molecule has 0 bridgehead atoms. The van der Waals surface area contributed by atoms with E-state index in [4.69, 9.17) is 16.2 Å². The molecule has 0 aliphatic carbocycles. The molecule has 1 heterocycles. The van der Waals surface area contributed by atoms with Gasteiger partial charge in [0.15, 0.2) is 5.17 Å². The molecule has 10 heteroatoms. The number of amides is 2. The van der Waals surface area contributed by atoms with Crippen LogP contribution in [-0.2, 0) is 9.59 Å². The highest BCUT2D eigenvalue weighted by Gasteiger charge is 2.39. The van der Waals surface area contributed by atoms with Crippen molar-refractivity contribution < 1.29 is 19.5 Å². The van der Waals surface area contributed by atoms with Gasteiger partial charge in [0.25, 0.3) is 5.91 Å². The molecule has 144 valence electrons. The lowest BCUT2D eigenvalue weighted by Crippen LogP contribution is -2.41. The van der Waals surface area contributed by atoms with Gasteiger partial charge in [-0.1, -0.05) is 23.9 Å². The number of hydrogen-bond acceptors (Lipinski definition) is 5. The van der Waals surface area contributed by atoms with E-state index in [1.165, 1.54) is 11.8 Å². The number of carbonyl (C=O) groups excluding carboxylic acids is 2. The molecule has 2 rings (SSSR count). The van der Waals surface area contributed by atoms with Gasteiger partial charge in [0.2, 0.25) is 5.91 Å². The molecule has 0 radical (unpaired) electrons. The number of amidine groups is 2. The highest BCUT2D eigenvalue weighted by Crippen LogP contribution is 2.30. The van der Waals surface area contributed by atoms with Gasteiger partial charge in [-0.25, -0.2) is 0 Å². The highest BCUT2D eigenvalue weighted by atomic mass is 32.2. The van der Waals surface area contributed by atoms with Gasteiger partial charge in [-0.05, 0) is 19.1 Å². The van der Waals surface area contributed by atoms with E-state index in [0.29, 0.717) is 16.3 Å². The van der Waals surface area contributed by atoms with Crippen LogP contribution in [0.5, 0.6) is 0 Å². The number of nitrogens with one attached hydrogen (secondary N) is 2. The summed E-state index contributed by atoms with van der Waals surface area (Å²) < 4.78 is 0. The minimum atomic E-state index is -0.983. The lowest BCUT2D eigenvalue weighted by molar-refractivity contribution is -0.136. The number of carbonyl (C=O) groups is 3. The standard InChI is InChI=1S/C17H21N5O4S/c1-9-13(16(26)20-8-7-12(23)24)27-17(22(9)2)21-15(25)11-5-3-10(4-6-11)14(18)19/h3-6,9,13H,7-8H2,1-2H3,(H3,18,19)(H,20,26)(H,23,24). The van der Waals surface area contributed by atoms with E-state index in [0.717, 1.165) is 0 Å². The van der Waals surface area contributed by atoms with Crippen molar-refractivity contribution in [2.75, 3.05) is 13.6 Å². The van der Waals surface area contributed by atoms with E-state index in [2.05, 4.69) is 10.3 Å². The first kappa shape index (κ1) is 20.4. The number of aliphatic carboxylic acids is 1. The Hall–Kier alpha value is -2.88. The van der Waals surface area contributed by atoms with Crippen LogP contribution in [0, 0.1) is 5.41 Å². The van der Waals surface area contributed by atoms with Crippen LogP contribution in [0.4, 0.5) is 0 Å². The summed E-state index contributed by atoms with van der Waals surface area (Å²) >= 11 is 1.17. The molecule has 1 aliphatic heterocycles. The van der Waals surface area contributed by atoms with E-state index in [9.17, 15) is 14.4 Å². The summed E-state index contributed by atoms with van der Waals surface area (Å²) in [5.41, 5.74) is 6.25. The van der Waals surface area contributed by atoms with Gasteiger partial charge < -0.3 is 21.1 Å². The second-order valence-corrected chi connectivity index (χ2v) is 7.12. The molecular formula is C17H21N5O4S. The molecule has 0 saturated carbocycles. The van der Waals surface area contributed by atoms with Crippen LogP contribution >= 0.6 is 11.8 Å². The molecule has 5 N–H and O–H groups in total. The zero-order valence-electron chi connectivity index (χ0n) is 14.9. The second kappa shape index (κ2) is 8.67. The highest BCUT2D eigenvalue weighted by molar-refractivity contribution is 8.15. The van der Waals surface area contributed by atoms with Crippen molar-refractivity contribution in [3.8, 4) is 0 Å². The maximum absolute atomic E-state index is 12.4. The first-order chi connectivity index (χ1) is 12.7. The minimum Gasteiger partial charge on any atom is -0.481 e. The number of benzene rings is 1. The molecular weight excluding hydrogens is 370 g/mol. The zero-order chi connectivity index (χ0) is 20.1. The minimum absolute atomic E-state index is 0.0512. The van der Waals surface area contributed by atoms with Gasteiger partial charge in [0, 0.05) is 30.8 Å². The Balaban J connectivity index is 2.07. The van der Waals surface area contributed by atoms with Crippen LogP contribution in [0.25, 0.3) is 0 Å². The number of carboxylic acids is 1. The van der Waals surface area contributed by atoms with E-state index in [1.807, 2.05) is 6.92 Å². The smallest absolute Gasteiger partial charge is 0.305 e. The summed E-state index contributed by atoms with van der Waals surface area (Å²) in [6.45, 7) is 1.89. The Morgan fingerprint density at radius 2 is 1.89 bits per heavy atom. The number of hydrogen-bond donors (Lipinski definition) is 4. The lowest BCUT2D eigenvalue weighted by Gasteiger charge is -2.19. The number of nitrogens with two attached hydrogens (primary N) is 1. The molecule has 2 unspecified atom stereocenters. The number of rotatable bonds is 6. The molecule has 9 nitrogen and oxygen atoms in total. The van der Waals surface area contributed by atoms with Crippen molar-refractivity contribution in [3.63, 3.8) is 0 Å². The van der Waals surface area contributed by atoms with Gasteiger partial charge >= 0.3 is 5.97 Å². The van der Waals surface area contributed by atoms with E-state index in [1.54, 1.807) is 36.2 Å². The molecule has 2 atom stereocenters. The Kier molecular flexibility index (Phi) is 6.56. The molecule has 1 aromatic rings. The van der Waals surface area contributed by atoms with Crippen molar-refractivity contribution in [2.45, 2.75) is 24.6 Å². The van der Waals surface area contributed by atoms with E-state index < -0.39 is 17.1 Å². The molecule has 1 saturated heterocycles. The van der Waals surface area contributed by atoms with Crippen LogP contribution in [-0.4, -0.2) is 63.7 Å². The van der Waals surface area contributed by atoms with Gasteiger partial charge in [0.05, 0.1) is 6.42 Å². The Morgan fingerprint density at radius 3 is 2.44 bits per heavy atom. The average molecular weight is 391 g/mol. The largest absolute Gasteiger partial charge is 0.481 e. The van der Waals surface area contributed by atoms with Crippen LogP contribution in [0.3, 0.4) is 0 Å². The third kappa shape index (κ3) is 5.07. The Morgan fingerprint density at radius 1 is 1.30 bits per heavy atom. The number of aliphatic imine (C=N–C) groups is 1. The summed E-state index contributed by atoms with van der Waals surface area (Å²) in [6, 6.07) is 6.03. The summed E-state index contributed by atoms with van der Waals surface area (Å²) in [7, 11) is 1.74. The third-order valence-electron chi connectivity index (χ3n) is 4.12. The van der Waals surface area contributed by atoms with Crippen LogP contribution < -0.4 is 11.1 Å². The molecule has 27 heavy (non-hydrogen) atoms. The summed E-state index contributed by atoms with van der Waals surface area (Å²) in [5.74, 6) is -1.82. The van der Waals surface area contributed by atoms with Crippen molar-refractivity contribution in [1.29, 1.82) is 5.41 Å². The maximum Gasteiger partial charge on any atom is 0.305 e. The fourth-order valence-electron chi connectivity index (χ4n) is 2.39. The van der Waals surface area contributed by atoms with Gasteiger partial charge in [0.1, 0.15) is 11.1 Å². The van der Waals surface area contributed by atoms with Crippen LogP contribution in [0.1, 0.15) is 29.3 Å². The van der Waals surface area contributed by atoms with Gasteiger partial charge in [-0.2, -0.15) is 4.99 Å². The topological polar surface area (TPSA) is 149 Å². The monoisotopic (exact) mass is 391 g/mol. The molecule has 0 spiro atoms. The second-order valence-electron chi connectivity index (χ2n) is 6.02. The van der Waals surface area contributed by atoms with Crippen LogP contribution in [0.15, 0.2) is 29.3 Å². The summed E-state index contributed by atoms with van der Waals surface area (Å²) in [6.07, 6.45) is -0.150. The van der Waals surface area contributed by atoms with E-state index in [-0.39, 0.29) is 30.8 Å². The van der Waals surface area contributed by atoms with E-state index >= 15 is 0 Å². The third-order valence-corrected chi connectivity index (χ3v) is 5.57. The summed E-state index contributed by atoms with van der Waals surface area (Å²) in [5, 5.41) is 18.5. The van der Waals surface area contributed by atoms with Crippen LogP contribution in [0.2, 0.25) is 0 Å². The lowest BCUT2D eigenvalue weighted by atomic mass is 10.1. The first-order valence-corrected chi connectivity index (χ1v) is 9.05. The fraction of sp³-hybridized carbons (Fsp3) is 0.353. The maximum atomic E-state index is 12.4. The average Bonchev–Trinajstić information content (AvgIpc) is 2.90. The van der Waals surface area contributed by atoms with Crippen molar-refractivity contribution in [3.05, 3.63) is 35.4 Å². The van der Waals surface area contributed by atoms with Crippen molar-refractivity contribution in [1.82, 2.24) is 10.2 Å². The van der Waals surface area contributed by atoms with Crippen molar-refractivity contribution in [2.24, 2.45) is 10.7 Å². The molecule has 1 aromatic carbocycles. The first-order valence-electron chi connectivity index (χ1n) is 8.17. The number of thioether (sulfide) groups is 1. The SMILES string of the molecule is CC1C(C(=O)NCCC(=O)O)SC(=NC(=O)c2ccc(C(=N)N)cc2)N1C. The number of nitrogen functional groups attached to an aromatic ring is 1. The summed E-state index contributed by atoms with van der Waals surface area (Å²) in [4.78, 5) is 41.0. The van der Waals surface area contributed by atoms with Crippen molar-refractivity contribution >= 4 is 40.5 Å². The Bertz CT molecular complexity index is 793. The zero-order valence-corrected chi connectivity index (χ0v) is 15.7. The molecule has 1 aliphatic rings. The Labute approximate surface area is 160 Å². The molecule has 0 aromatic heterocycles. The predicted molar refractivity (Wildman–Crippen MR) is 103 cm³/mol.